The molecule has 3 aromatic rings. The highest BCUT2D eigenvalue weighted by Gasteiger charge is 2.34. The molecule has 1 unspecified atom stereocenters. The van der Waals surface area contributed by atoms with Crippen LogP contribution >= 0.6 is 0 Å². The lowest BCUT2D eigenvalue weighted by Gasteiger charge is -2.21. The number of hydrazone groups is 1. The second-order valence-corrected chi connectivity index (χ2v) is 7.90. The van der Waals surface area contributed by atoms with Crippen molar-refractivity contribution in [1.82, 2.24) is 5.01 Å². The molecule has 7 nitrogen and oxygen atoms in total. The van der Waals surface area contributed by atoms with E-state index in [0.717, 1.165) is 11.1 Å². The van der Waals surface area contributed by atoms with E-state index in [0.29, 0.717) is 34.9 Å². The number of nitrogens with zero attached hydrogens (tertiary/aromatic N) is 2. The molecule has 0 fully saturated rings. The van der Waals surface area contributed by atoms with Crippen LogP contribution in [0.25, 0.3) is 6.08 Å². The molecule has 0 radical (unpaired) electrons. The minimum Gasteiger partial charge on any atom is -0.493 e. The predicted octanol–water partition coefficient (Wildman–Crippen LogP) is 5.02. The van der Waals surface area contributed by atoms with E-state index in [1.165, 1.54) is 18.0 Å². The molecule has 0 saturated heterocycles. The summed E-state index contributed by atoms with van der Waals surface area (Å²) in [7, 11) is 3.14. The average molecular weight is 471 g/mol. The van der Waals surface area contributed by atoms with Gasteiger partial charge >= 0.3 is 5.97 Å². The Kier molecular flexibility index (Phi) is 7.26. The number of para-hydroxylation sites is 1. The van der Waals surface area contributed by atoms with Crippen LogP contribution in [-0.2, 0) is 9.59 Å². The summed E-state index contributed by atoms with van der Waals surface area (Å²) in [6.07, 6.45) is 3.69. The van der Waals surface area contributed by atoms with Crippen molar-refractivity contribution in [1.29, 1.82) is 0 Å². The monoisotopic (exact) mass is 470 g/mol. The van der Waals surface area contributed by atoms with Gasteiger partial charge in [0.2, 0.25) is 0 Å². The zero-order valence-electron chi connectivity index (χ0n) is 19.8. The summed E-state index contributed by atoms with van der Waals surface area (Å²) in [5.74, 6) is 0.863. The zero-order valence-corrected chi connectivity index (χ0v) is 19.8. The number of carbonyl (C=O) groups is 2. The molecule has 0 aromatic heterocycles. The molecular formula is C28H26N2O5. The smallest absolute Gasteiger partial charge is 0.308 e. The summed E-state index contributed by atoms with van der Waals surface area (Å²) in [5, 5.41) is 6.14. The van der Waals surface area contributed by atoms with Crippen molar-refractivity contribution in [3.8, 4) is 17.2 Å². The Morgan fingerprint density at radius 3 is 2.34 bits per heavy atom. The Labute approximate surface area is 204 Å². The predicted molar refractivity (Wildman–Crippen MR) is 134 cm³/mol. The third-order valence-electron chi connectivity index (χ3n) is 5.60. The van der Waals surface area contributed by atoms with Crippen LogP contribution < -0.4 is 14.2 Å². The van der Waals surface area contributed by atoms with Crippen LogP contribution in [0.2, 0.25) is 0 Å². The SMILES string of the molecule is COc1ccc(C2CC(c3ccccc3OC(C)=O)=NN2C(=O)/C=C/c2ccccc2)cc1OC. The van der Waals surface area contributed by atoms with Gasteiger partial charge in [0.15, 0.2) is 11.5 Å². The maximum atomic E-state index is 13.3. The molecule has 0 saturated carbocycles. The highest BCUT2D eigenvalue weighted by atomic mass is 16.5. The number of hydrogen-bond acceptors (Lipinski definition) is 6. The van der Waals surface area contributed by atoms with Crippen LogP contribution in [0.3, 0.4) is 0 Å². The van der Waals surface area contributed by atoms with Gasteiger partial charge in [-0.15, -0.1) is 0 Å². The Morgan fingerprint density at radius 2 is 1.63 bits per heavy atom. The summed E-state index contributed by atoms with van der Waals surface area (Å²) in [6, 6.07) is 21.9. The van der Waals surface area contributed by atoms with Crippen LogP contribution in [0.5, 0.6) is 17.2 Å². The van der Waals surface area contributed by atoms with Gasteiger partial charge in [-0.3, -0.25) is 9.59 Å². The molecule has 35 heavy (non-hydrogen) atoms. The summed E-state index contributed by atoms with van der Waals surface area (Å²) in [5.41, 5.74) is 3.05. The molecule has 3 aromatic carbocycles. The second kappa shape index (κ2) is 10.7. The van der Waals surface area contributed by atoms with Gasteiger partial charge in [0.25, 0.3) is 5.91 Å². The molecule has 1 aliphatic heterocycles. The number of rotatable bonds is 7. The maximum Gasteiger partial charge on any atom is 0.308 e. The fourth-order valence-electron chi connectivity index (χ4n) is 3.95. The fourth-order valence-corrected chi connectivity index (χ4v) is 3.95. The van der Waals surface area contributed by atoms with Crippen molar-refractivity contribution in [3.63, 3.8) is 0 Å². The van der Waals surface area contributed by atoms with Crippen LogP contribution in [0.15, 0.2) is 84.0 Å². The molecule has 1 amide bonds. The van der Waals surface area contributed by atoms with Crippen molar-refractivity contribution >= 4 is 23.7 Å². The van der Waals surface area contributed by atoms with Gasteiger partial charge in [-0.2, -0.15) is 5.10 Å². The van der Waals surface area contributed by atoms with E-state index in [9.17, 15) is 9.59 Å². The van der Waals surface area contributed by atoms with E-state index >= 15 is 0 Å². The minimum atomic E-state index is -0.425. The van der Waals surface area contributed by atoms with Crippen LogP contribution in [-0.4, -0.2) is 36.8 Å². The summed E-state index contributed by atoms with van der Waals surface area (Å²) in [4.78, 5) is 24.9. The topological polar surface area (TPSA) is 77.4 Å². The van der Waals surface area contributed by atoms with Gasteiger partial charge in [0.05, 0.1) is 26.0 Å². The Morgan fingerprint density at radius 1 is 0.914 bits per heavy atom. The van der Waals surface area contributed by atoms with Crippen molar-refractivity contribution < 1.29 is 23.8 Å². The van der Waals surface area contributed by atoms with Gasteiger partial charge in [0.1, 0.15) is 5.75 Å². The largest absolute Gasteiger partial charge is 0.493 e. The number of hydrogen-bond donors (Lipinski definition) is 0. The minimum absolute atomic E-state index is 0.270. The molecule has 1 heterocycles. The number of methoxy groups -OCH3 is 2. The number of carbonyl (C=O) groups excluding carboxylic acids is 2. The molecule has 0 bridgehead atoms. The highest BCUT2D eigenvalue weighted by Crippen LogP contribution is 2.38. The molecule has 1 aliphatic rings. The van der Waals surface area contributed by atoms with E-state index in [1.807, 2.05) is 54.6 Å². The molecule has 4 rings (SSSR count). The fraction of sp³-hybridized carbons (Fsp3) is 0.179. The van der Waals surface area contributed by atoms with Crippen LogP contribution in [0, 0.1) is 0 Å². The highest BCUT2D eigenvalue weighted by molar-refractivity contribution is 6.06. The molecule has 178 valence electrons. The molecule has 0 N–H and O–H groups in total. The normalized spacial score (nSPS) is 15.1. The van der Waals surface area contributed by atoms with Gasteiger partial charge in [-0.1, -0.05) is 48.5 Å². The van der Waals surface area contributed by atoms with Crippen molar-refractivity contribution in [3.05, 3.63) is 95.6 Å². The molecular weight excluding hydrogens is 444 g/mol. The summed E-state index contributed by atoms with van der Waals surface area (Å²) in [6.45, 7) is 1.35. The Balaban J connectivity index is 1.72. The maximum absolute atomic E-state index is 13.3. The van der Waals surface area contributed by atoms with E-state index in [2.05, 4.69) is 5.10 Å². The number of esters is 1. The third kappa shape index (κ3) is 5.41. The van der Waals surface area contributed by atoms with E-state index < -0.39 is 5.97 Å². The van der Waals surface area contributed by atoms with Crippen LogP contribution in [0.4, 0.5) is 0 Å². The van der Waals surface area contributed by atoms with Crippen LogP contribution in [0.1, 0.15) is 36.1 Å². The first-order valence-electron chi connectivity index (χ1n) is 11.1. The van der Waals surface area contributed by atoms with Crippen molar-refractivity contribution in [2.45, 2.75) is 19.4 Å². The first-order valence-corrected chi connectivity index (χ1v) is 11.1. The number of ether oxygens (including phenoxy) is 3. The standard InChI is InChI=1S/C28H26N2O5/c1-19(31)35-25-12-8-7-11-22(25)23-18-24(21-14-15-26(33-2)27(17-21)34-3)30(29-23)28(32)16-13-20-9-5-4-6-10-20/h4-17,24H,18H2,1-3H3/b16-13+. The quantitative estimate of drug-likeness (QED) is 0.275. The molecule has 7 heteroatoms. The number of amides is 1. The van der Waals surface area contributed by atoms with E-state index in [-0.39, 0.29) is 11.9 Å². The lowest BCUT2D eigenvalue weighted by atomic mass is 9.97. The Bertz CT molecular complexity index is 1280. The van der Waals surface area contributed by atoms with Crippen molar-refractivity contribution in [2.75, 3.05) is 14.2 Å². The summed E-state index contributed by atoms with van der Waals surface area (Å²) >= 11 is 0. The summed E-state index contributed by atoms with van der Waals surface area (Å²) < 4.78 is 16.2. The average Bonchev–Trinajstić information content (AvgIpc) is 3.33. The molecule has 0 aliphatic carbocycles. The first-order chi connectivity index (χ1) is 17.0. The zero-order chi connectivity index (χ0) is 24.8. The molecule has 1 atom stereocenters. The number of benzene rings is 3. The Hall–Kier alpha value is -4.39. The van der Waals surface area contributed by atoms with Gasteiger partial charge < -0.3 is 14.2 Å². The van der Waals surface area contributed by atoms with Crippen molar-refractivity contribution in [2.24, 2.45) is 5.10 Å². The lowest BCUT2D eigenvalue weighted by molar-refractivity contribution is -0.132. The van der Waals surface area contributed by atoms with Gasteiger partial charge in [0, 0.05) is 25.0 Å². The second-order valence-electron chi connectivity index (χ2n) is 7.90. The van der Waals surface area contributed by atoms with E-state index in [1.54, 1.807) is 38.5 Å². The van der Waals surface area contributed by atoms with Gasteiger partial charge in [-0.05, 0) is 41.5 Å². The third-order valence-corrected chi connectivity index (χ3v) is 5.60. The molecule has 0 spiro atoms. The first kappa shape index (κ1) is 23.8. The van der Waals surface area contributed by atoms with E-state index in [4.69, 9.17) is 14.2 Å². The van der Waals surface area contributed by atoms with Gasteiger partial charge in [-0.25, -0.2) is 5.01 Å². The lowest BCUT2D eigenvalue weighted by Crippen LogP contribution is -2.25.